The predicted octanol–water partition coefficient (Wildman–Crippen LogP) is 6.76. The lowest BCUT2D eigenvalue weighted by atomic mass is 10.1. The summed E-state index contributed by atoms with van der Waals surface area (Å²) < 4.78 is 0. The fraction of sp³-hybridized carbons (Fsp3) is 0.650. The first-order chi connectivity index (χ1) is 11.6. The molecule has 1 aromatic rings. The average molecular weight is 354 g/mol. The summed E-state index contributed by atoms with van der Waals surface area (Å²) in [6.07, 6.45) is 14.1. The first-order valence-corrected chi connectivity index (χ1v) is 9.80. The molecule has 0 aromatic heterocycles. The van der Waals surface area contributed by atoms with Crippen molar-refractivity contribution in [2.24, 2.45) is 0 Å². The summed E-state index contributed by atoms with van der Waals surface area (Å²) in [5, 5.41) is 11.1. The van der Waals surface area contributed by atoms with Gasteiger partial charge in [0, 0.05) is 11.4 Å². The van der Waals surface area contributed by atoms with Crippen LogP contribution < -0.4 is 5.06 Å². The van der Waals surface area contributed by atoms with Crippen LogP contribution in [0, 0.1) is 0 Å². The van der Waals surface area contributed by atoms with Gasteiger partial charge in [-0.1, -0.05) is 88.8 Å². The smallest absolute Gasteiger partial charge is 0.250 e. The molecule has 0 fully saturated rings. The molecule has 3 nitrogen and oxygen atoms in total. The van der Waals surface area contributed by atoms with Gasteiger partial charge in [0.15, 0.2) is 0 Å². The lowest BCUT2D eigenvalue weighted by Gasteiger charge is -2.15. The Morgan fingerprint density at radius 1 is 0.958 bits per heavy atom. The number of benzene rings is 1. The van der Waals surface area contributed by atoms with E-state index in [9.17, 15) is 10.0 Å². The van der Waals surface area contributed by atoms with E-state index in [1.165, 1.54) is 57.8 Å². The quantitative estimate of drug-likeness (QED) is 0.241. The number of unbranched alkanes of at least 4 members (excludes halogenated alkanes) is 10. The number of hydrogen-bond acceptors (Lipinski definition) is 2. The van der Waals surface area contributed by atoms with Crippen molar-refractivity contribution >= 4 is 23.2 Å². The highest BCUT2D eigenvalue weighted by atomic mass is 35.5. The molecule has 0 heterocycles. The van der Waals surface area contributed by atoms with Crippen LogP contribution in [-0.2, 0) is 4.79 Å². The van der Waals surface area contributed by atoms with Crippen molar-refractivity contribution in [3.05, 3.63) is 29.3 Å². The van der Waals surface area contributed by atoms with Crippen LogP contribution in [0.25, 0.3) is 0 Å². The maximum absolute atomic E-state index is 11.9. The van der Waals surface area contributed by atoms with Crippen molar-refractivity contribution < 1.29 is 10.0 Å². The Labute approximate surface area is 152 Å². The van der Waals surface area contributed by atoms with Crippen molar-refractivity contribution in [1.82, 2.24) is 0 Å². The van der Waals surface area contributed by atoms with Crippen LogP contribution in [0.1, 0.15) is 84.0 Å². The molecule has 136 valence electrons. The van der Waals surface area contributed by atoms with E-state index >= 15 is 0 Å². The Balaban J connectivity index is 2.01. The van der Waals surface area contributed by atoms with E-state index < -0.39 is 0 Å². The molecule has 1 amide bonds. The summed E-state index contributed by atoms with van der Waals surface area (Å²) >= 11 is 5.87. The first kappa shape index (κ1) is 21.0. The number of halogens is 1. The van der Waals surface area contributed by atoms with Crippen LogP contribution in [0.15, 0.2) is 24.3 Å². The predicted molar refractivity (Wildman–Crippen MR) is 102 cm³/mol. The normalized spacial score (nSPS) is 10.8. The van der Waals surface area contributed by atoms with Crippen molar-refractivity contribution in [3.8, 4) is 0 Å². The zero-order chi connectivity index (χ0) is 17.6. The number of carbonyl (C=O) groups is 1. The Morgan fingerprint density at radius 3 is 2.04 bits per heavy atom. The Morgan fingerprint density at radius 2 is 1.50 bits per heavy atom. The zero-order valence-electron chi connectivity index (χ0n) is 15.0. The minimum atomic E-state index is -0.270. The number of hydroxylamine groups is 1. The summed E-state index contributed by atoms with van der Waals surface area (Å²) in [5.74, 6) is -0.270. The van der Waals surface area contributed by atoms with Gasteiger partial charge < -0.3 is 0 Å². The summed E-state index contributed by atoms with van der Waals surface area (Å²) in [6.45, 7) is 2.25. The van der Waals surface area contributed by atoms with E-state index in [-0.39, 0.29) is 5.91 Å². The lowest BCUT2D eigenvalue weighted by molar-refractivity contribution is -0.123. The van der Waals surface area contributed by atoms with Gasteiger partial charge in [-0.15, -0.1) is 0 Å². The molecule has 4 heteroatoms. The van der Waals surface area contributed by atoms with Crippen LogP contribution in [0.4, 0.5) is 5.69 Å². The fourth-order valence-electron chi connectivity index (χ4n) is 2.80. The highest BCUT2D eigenvalue weighted by Crippen LogP contribution is 2.19. The van der Waals surface area contributed by atoms with Crippen molar-refractivity contribution in [2.45, 2.75) is 84.0 Å². The summed E-state index contributed by atoms with van der Waals surface area (Å²) in [7, 11) is 0. The van der Waals surface area contributed by atoms with Gasteiger partial charge in [-0.25, -0.2) is 0 Å². The summed E-state index contributed by atoms with van der Waals surface area (Å²) in [6, 6.07) is 6.69. The minimum Gasteiger partial charge on any atom is -0.281 e. The van der Waals surface area contributed by atoms with Gasteiger partial charge in [0.1, 0.15) is 0 Å². The molecule has 0 saturated carbocycles. The largest absolute Gasteiger partial charge is 0.281 e. The molecular formula is C20H32ClNO2. The molecule has 0 spiro atoms. The van der Waals surface area contributed by atoms with E-state index in [1.807, 2.05) is 0 Å². The summed E-state index contributed by atoms with van der Waals surface area (Å²) in [4.78, 5) is 11.9. The molecule has 1 N–H and O–H groups in total. The lowest BCUT2D eigenvalue weighted by Crippen LogP contribution is -2.26. The van der Waals surface area contributed by atoms with E-state index in [0.29, 0.717) is 22.2 Å². The number of amides is 1. The van der Waals surface area contributed by atoms with Crippen LogP contribution in [-0.4, -0.2) is 11.1 Å². The second-order valence-electron chi connectivity index (χ2n) is 6.47. The molecule has 0 bridgehead atoms. The van der Waals surface area contributed by atoms with E-state index in [2.05, 4.69) is 6.92 Å². The number of nitrogens with zero attached hydrogens (tertiary/aromatic N) is 1. The topological polar surface area (TPSA) is 40.5 Å². The standard InChI is InChI=1S/C20H32ClNO2/c1-2-3-4-5-6-7-8-9-10-11-12-16-20(23)22(24)19-15-13-14-18(21)17-19/h13-15,17,24H,2-12,16H2,1H3. The van der Waals surface area contributed by atoms with Crippen LogP contribution in [0.3, 0.4) is 0 Å². The molecule has 0 unspecified atom stereocenters. The highest BCUT2D eigenvalue weighted by Gasteiger charge is 2.12. The second kappa shape index (κ2) is 13.3. The molecule has 24 heavy (non-hydrogen) atoms. The third kappa shape index (κ3) is 9.29. The van der Waals surface area contributed by atoms with E-state index in [1.54, 1.807) is 24.3 Å². The van der Waals surface area contributed by atoms with Crippen LogP contribution in [0.5, 0.6) is 0 Å². The van der Waals surface area contributed by atoms with Gasteiger partial charge >= 0.3 is 0 Å². The third-order valence-corrected chi connectivity index (χ3v) is 4.52. The Hall–Kier alpha value is -1.06. The fourth-order valence-corrected chi connectivity index (χ4v) is 2.98. The minimum absolute atomic E-state index is 0.270. The van der Waals surface area contributed by atoms with Gasteiger partial charge in [0.05, 0.1) is 5.69 Å². The third-order valence-electron chi connectivity index (χ3n) is 4.28. The Bertz CT molecular complexity index is 465. The van der Waals surface area contributed by atoms with Crippen molar-refractivity contribution in [2.75, 3.05) is 5.06 Å². The second-order valence-corrected chi connectivity index (χ2v) is 6.91. The number of hydrogen-bond donors (Lipinski definition) is 1. The molecule has 1 rings (SSSR count). The molecule has 0 radical (unpaired) electrons. The zero-order valence-corrected chi connectivity index (χ0v) is 15.7. The Kier molecular flexibility index (Phi) is 11.6. The average Bonchev–Trinajstić information content (AvgIpc) is 2.58. The molecule has 1 aromatic carbocycles. The SMILES string of the molecule is CCCCCCCCCCCCCC(=O)N(O)c1cccc(Cl)c1. The summed E-state index contributed by atoms with van der Waals surface area (Å²) in [5.41, 5.74) is 0.426. The maximum Gasteiger partial charge on any atom is 0.250 e. The van der Waals surface area contributed by atoms with E-state index in [4.69, 9.17) is 11.6 Å². The number of carbonyl (C=O) groups excluding carboxylic acids is 1. The van der Waals surface area contributed by atoms with Gasteiger partial charge in [-0.2, -0.15) is 5.06 Å². The first-order valence-electron chi connectivity index (χ1n) is 9.42. The van der Waals surface area contributed by atoms with Gasteiger partial charge in [-0.3, -0.25) is 10.0 Å². The molecule has 0 saturated heterocycles. The molecule has 0 aliphatic heterocycles. The van der Waals surface area contributed by atoms with Gasteiger partial charge in [-0.05, 0) is 24.6 Å². The molecular weight excluding hydrogens is 322 g/mol. The highest BCUT2D eigenvalue weighted by molar-refractivity contribution is 6.30. The molecule has 0 aliphatic rings. The number of rotatable bonds is 13. The van der Waals surface area contributed by atoms with Crippen molar-refractivity contribution in [3.63, 3.8) is 0 Å². The molecule has 0 aliphatic carbocycles. The van der Waals surface area contributed by atoms with Crippen LogP contribution in [0.2, 0.25) is 5.02 Å². The van der Waals surface area contributed by atoms with E-state index in [0.717, 1.165) is 12.8 Å². The van der Waals surface area contributed by atoms with Gasteiger partial charge in [0.25, 0.3) is 5.91 Å². The van der Waals surface area contributed by atoms with Gasteiger partial charge in [0.2, 0.25) is 0 Å². The maximum atomic E-state index is 11.9. The van der Waals surface area contributed by atoms with Crippen molar-refractivity contribution in [1.29, 1.82) is 0 Å². The monoisotopic (exact) mass is 353 g/mol. The molecule has 0 atom stereocenters. The van der Waals surface area contributed by atoms with Crippen LogP contribution >= 0.6 is 11.6 Å². The number of anilines is 1.